The summed E-state index contributed by atoms with van der Waals surface area (Å²) in [5.41, 5.74) is 9.61. The monoisotopic (exact) mass is 696 g/mol. The molecule has 0 bridgehead atoms. The van der Waals surface area contributed by atoms with Crippen molar-refractivity contribution in [3.8, 4) is 11.5 Å². The van der Waals surface area contributed by atoms with Crippen molar-refractivity contribution >= 4 is 23.0 Å². The zero-order valence-electron chi connectivity index (χ0n) is 33.6. The Morgan fingerprint density at radius 1 is 0.827 bits per heavy atom. The Morgan fingerprint density at radius 3 is 2.25 bits per heavy atom. The Labute approximate surface area is 313 Å². The van der Waals surface area contributed by atoms with E-state index < -0.39 is 0 Å². The maximum absolute atomic E-state index is 6.92. The molecule has 1 saturated carbocycles. The molecule has 0 amide bonds. The molecular weight excluding hydrogens is 637 g/mol. The van der Waals surface area contributed by atoms with Gasteiger partial charge in [0.1, 0.15) is 23.2 Å². The van der Waals surface area contributed by atoms with Crippen molar-refractivity contribution in [3.63, 3.8) is 0 Å². The molecule has 274 valence electrons. The number of hydrogen-bond donors (Lipinski definition) is 0. The first-order valence-electron chi connectivity index (χ1n) is 19.7. The highest BCUT2D eigenvalue weighted by atomic mass is 16.5. The van der Waals surface area contributed by atoms with Crippen LogP contribution in [0.1, 0.15) is 141 Å². The van der Waals surface area contributed by atoms with Crippen molar-refractivity contribution in [2.75, 3.05) is 11.4 Å². The Hall–Kier alpha value is -4.12. The van der Waals surface area contributed by atoms with Crippen molar-refractivity contribution < 1.29 is 4.74 Å². The maximum atomic E-state index is 6.92. The number of ether oxygens (including phenoxy) is 1. The topological polar surface area (TPSA) is 41.0 Å². The van der Waals surface area contributed by atoms with Gasteiger partial charge in [0.15, 0.2) is 0 Å². The highest BCUT2D eigenvalue weighted by Crippen LogP contribution is 2.52. The third-order valence-corrected chi connectivity index (χ3v) is 11.8. The van der Waals surface area contributed by atoms with E-state index >= 15 is 0 Å². The lowest BCUT2D eigenvalue weighted by Crippen LogP contribution is -2.42. The van der Waals surface area contributed by atoms with Crippen molar-refractivity contribution in [1.82, 2.24) is 9.88 Å². The molecule has 4 aromatic rings. The minimum Gasteiger partial charge on any atom is -0.457 e. The van der Waals surface area contributed by atoms with Gasteiger partial charge < -0.3 is 9.64 Å². The first kappa shape index (κ1) is 36.2. The minimum absolute atomic E-state index is 0.0457. The van der Waals surface area contributed by atoms with Crippen LogP contribution in [-0.2, 0) is 10.8 Å². The van der Waals surface area contributed by atoms with E-state index in [1.54, 1.807) is 0 Å². The van der Waals surface area contributed by atoms with Crippen LogP contribution in [0.4, 0.5) is 17.2 Å². The zero-order valence-corrected chi connectivity index (χ0v) is 33.6. The van der Waals surface area contributed by atoms with Crippen LogP contribution in [-0.4, -0.2) is 34.3 Å². The molecule has 0 radical (unpaired) electrons. The van der Waals surface area contributed by atoms with E-state index in [1.807, 2.05) is 6.20 Å². The van der Waals surface area contributed by atoms with Crippen LogP contribution >= 0.6 is 0 Å². The largest absolute Gasteiger partial charge is 0.457 e. The standard InChI is InChI=1S/C47H60N4O/c1-30(2)32-24-33(43-49-42(46(7,8)9)29-50(43)35-16-13-12-14-17-35)26-38(25-32)52-37-23-31(3)22-36(28-37)51-41-20-19-34(45(4,5)6)27-40(41)47(10,11)39-18-15-21-48-44(39)51/h15,18-28,30,35,42H,12-14,16-17,29H2,1-11H3/t42-/m0/s1. The van der Waals surface area contributed by atoms with Crippen LogP contribution in [0, 0.1) is 12.3 Å². The smallest absolute Gasteiger partial charge is 0.141 e. The predicted octanol–water partition coefficient (Wildman–Crippen LogP) is 12.5. The van der Waals surface area contributed by atoms with E-state index in [1.165, 1.54) is 65.6 Å². The SMILES string of the molecule is Cc1cc(Oc2cc(C3=N[C@H](C(C)(C)C)CN3C3CCCCC3)cc(C(C)C)c2)cc(N2c3ccc(C(C)(C)C)cc3C(C)(C)c3cccnc32)c1. The second kappa shape index (κ2) is 13.4. The number of benzene rings is 3. The van der Waals surface area contributed by atoms with Crippen molar-refractivity contribution in [3.05, 3.63) is 106 Å². The molecule has 3 aromatic carbocycles. The Morgan fingerprint density at radius 2 is 1.56 bits per heavy atom. The van der Waals surface area contributed by atoms with E-state index in [4.69, 9.17) is 14.7 Å². The molecule has 3 heterocycles. The molecular formula is C47H60N4O. The second-order valence-corrected chi connectivity index (χ2v) is 18.6. The minimum atomic E-state index is -0.200. The summed E-state index contributed by atoms with van der Waals surface area (Å²) in [7, 11) is 0. The van der Waals surface area contributed by atoms with E-state index in [0.717, 1.165) is 40.9 Å². The molecule has 1 aromatic heterocycles. The van der Waals surface area contributed by atoms with Gasteiger partial charge in [-0.05, 0) is 101 Å². The van der Waals surface area contributed by atoms with Gasteiger partial charge in [-0.15, -0.1) is 0 Å². The number of hydrogen-bond acceptors (Lipinski definition) is 5. The van der Waals surface area contributed by atoms with Gasteiger partial charge >= 0.3 is 0 Å². The molecule has 7 rings (SSSR count). The van der Waals surface area contributed by atoms with Crippen molar-refractivity contribution in [1.29, 1.82) is 0 Å². The lowest BCUT2D eigenvalue weighted by atomic mass is 9.72. The van der Waals surface area contributed by atoms with Gasteiger partial charge in [0.25, 0.3) is 0 Å². The van der Waals surface area contributed by atoms with Crippen LogP contribution in [0.5, 0.6) is 11.5 Å². The molecule has 5 nitrogen and oxygen atoms in total. The van der Waals surface area contributed by atoms with Gasteiger partial charge in [-0.1, -0.05) is 107 Å². The maximum Gasteiger partial charge on any atom is 0.141 e. The molecule has 2 aliphatic heterocycles. The van der Waals surface area contributed by atoms with Crippen LogP contribution in [0.2, 0.25) is 0 Å². The lowest BCUT2D eigenvalue weighted by molar-refractivity contribution is 0.218. The number of amidine groups is 1. The summed E-state index contributed by atoms with van der Waals surface area (Å²) < 4.78 is 6.92. The third-order valence-electron chi connectivity index (χ3n) is 11.8. The second-order valence-electron chi connectivity index (χ2n) is 18.6. The van der Waals surface area contributed by atoms with Gasteiger partial charge in [0.2, 0.25) is 0 Å². The molecule has 3 aliphatic rings. The average molecular weight is 697 g/mol. The number of fused-ring (bicyclic) bond motifs is 2. The Bertz CT molecular complexity index is 1990. The Balaban J connectivity index is 1.30. The molecule has 1 atom stereocenters. The van der Waals surface area contributed by atoms with Gasteiger partial charge in [0.05, 0.1) is 17.4 Å². The van der Waals surface area contributed by atoms with Crippen LogP contribution < -0.4 is 9.64 Å². The number of pyridine rings is 1. The van der Waals surface area contributed by atoms with E-state index in [2.05, 4.69) is 153 Å². The first-order chi connectivity index (χ1) is 24.5. The molecule has 1 fully saturated rings. The third kappa shape index (κ3) is 6.88. The normalized spacial score (nSPS) is 19.1. The number of nitrogens with zero attached hydrogens (tertiary/aromatic N) is 4. The zero-order chi connectivity index (χ0) is 37.2. The van der Waals surface area contributed by atoms with E-state index in [9.17, 15) is 0 Å². The van der Waals surface area contributed by atoms with Crippen LogP contribution in [0.25, 0.3) is 0 Å². The van der Waals surface area contributed by atoms with Crippen LogP contribution in [0.3, 0.4) is 0 Å². The summed E-state index contributed by atoms with van der Waals surface area (Å²) in [5, 5.41) is 0. The first-order valence-corrected chi connectivity index (χ1v) is 19.7. The number of aromatic nitrogens is 1. The number of rotatable bonds is 6. The number of aryl methyl sites for hydroxylation is 1. The molecule has 5 heteroatoms. The van der Waals surface area contributed by atoms with E-state index in [-0.39, 0.29) is 22.3 Å². The summed E-state index contributed by atoms with van der Waals surface area (Å²) in [6.07, 6.45) is 8.38. The summed E-state index contributed by atoms with van der Waals surface area (Å²) >= 11 is 0. The van der Waals surface area contributed by atoms with Crippen molar-refractivity contribution in [2.24, 2.45) is 10.4 Å². The lowest BCUT2D eigenvalue weighted by Gasteiger charge is -2.41. The Kier molecular flexibility index (Phi) is 9.33. The molecule has 0 N–H and O–H groups in total. The van der Waals surface area contributed by atoms with Crippen LogP contribution in [0.15, 0.2) is 77.9 Å². The van der Waals surface area contributed by atoms with Gasteiger partial charge in [-0.25, -0.2) is 4.98 Å². The summed E-state index contributed by atoms with van der Waals surface area (Å²) in [4.78, 5) is 15.5. The quantitative estimate of drug-likeness (QED) is 0.201. The molecule has 52 heavy (non-hydrogen) atoms. The molecule has 0 unspecified atom stereocenters. The highest BCUT2D eigenvalue weighted by Gasteiger charge is 2.40. The molecule has 0 saturated heterocycles. The summed E-state index contributed by atoms with van der Waals surface area (Å²) in [6.45, 7) is 26.2. The van der Waals surface area contributed by atoms with E-state index in [0.29, 0.717) is 12.0 Å². The fourth-order valence-electron chi connectivity index (χ4n) is 8.44. The summed E-state index contributed by atoms with van der Waals surface area (Å²) in [5.74, 6) is 4.15. The number of anilines is 3. The molecule has 1 aliphatic carbocycles. The predicted molar refractivity (Wildman–Crippen MR) is 218 cm³/mol. The fourth-order valence-corrected chi connectivity index (χ4v) is 8.44. The van der Waals surface area contributed by atoms with Gasteiger partial charge in [-0.3, -0.25) is 9.89 Å². The number of aliphatic imine (C=N–C) groups is 1. The van der Waals surface area contributed by atoms with Gasteiger partial charge in [-0.2, -0.15) is 0 Å². The van der Waals surface area contributed by atoms with Crippen molar-refractivity contribution in [2.45, 2.75) is 137 Å². The fraction of sp³-hybridized carbons (Fsp3) is 0.489. The highest BCUT2D eigenvalue weighted by molar-refractivity contribution is 6.01. The molecule has 0 spiro atoms. The average Bonchev–Trinajstić information content (AvgIpc) is 3.55. The summed E-state index contributed by atoms with van der Waals surface area (Å²) in [6, 6.07) is 25.5. The van der Waals surface area contributed by atoms with Gasteiger partial charge in [0, 0.05) is 41.4 Å².